The molecule has 0 atom stereocenters. The van der Waals surface area contributed by atoms with Crippen LogP contribution in [0.5, 0.6) is 0 Å². The highest BCUT2D eigenvalue weighted by atomic mass is 16.5. The number of rotatable bonds is 6. The van der Waals surface area contributed by atoms with Gasteiger partial charge in [-0.25, -0.2) is 9.97 Å². The van der Waals surface area contributed by atoms with Gasteiger partial charge in [-0.1, -0.05) is 19.8 Å². The summed E-state index contributed by atoms with van der Waals surface area (Å²) in [5.41, 5.74) is 0.997. The first kappa shape index (κ1) is 14.8. The van der Waals surface area contributed by atoms with Crippen molar-refractivity contribution in [1.29, 1.82) is 0 Å². The van der Waals surface area contributed by atoms with Crippen molar-refractivity contribution < 1.29 is 4.74 Å². The Hall–Kier alpha value is -1.16. The molecule has 2 fully saturated rings. The average molecular weight is 289 g/mol. The van der Waals surface area contributed by atoms with Crippen LogP contribution in [0.4, 0.5) is 5.82 Å². The van der Waals surface area contributed by atoms with Crippen molar-refractivity contribution in [2.24, 2.45) is 0 Å². The monoisotopic (exact) mass is 289 g/mol. The third-order valence-corrected chi connectivity index (χ3v) is 5.04. The highest BCUT2D eigenvalue weighted by molar-refractivity contribution is 5.38. The lowest BCUT2D eigenvalue weighted by Gasteiger charge is -2.39. The molecule has 0 saturated heterocycles. The van der Waals surface area contributed by atoms with Crippen LogP contribution >= 0.6 is 0 Å². The smallest absolute Gasteiger partial charge is 0.162 e. The van der Waals surface area contributed by atoms with Gasteiger partial charge in [-0.3, -0.25) is 0 Å². The van der Waals surface area contributed by atoms with E-state index in [1.54, 1.807) is 7.11 Å². The fourth-order valence-corrected chi connectivity index (χ4v) is 3.46. The molecular formula is C17H27N3O. The first-order chi connectivity index (χ1) is 10.3. The van der Waals surface area contributed by atoms with Gasteiger partial charge < -0.3 is 10.1 Å². The Bertz CT molecular complexity index is 473. The third kappa shape index (κ3) is 2.91. The van der Waals surface area contributed by atoms with E-state index in [1.807, 2.05) is 0 Å². The van der Waals surface area contributed by atoms with Crippen LogP contribution in [0.15, 0.2) is 6.07 Å². The Labute approximate surface area is 127 Å². The molecule has 2 aliphatic carbocycles. The van der Waals surface area contributed by atoms with Crippen LogP contribution in [0.2, 0.25) is 0 Å². The molecule has 0 unspecified atom stereocenters. The summed E-state index contributed by atoms with van der Waals surface area (Å²) in [5.74, 6) is 2.49. The van der Waals surface area contributed by atoms with Crippen LogP contribution < -0.4 is 5.32 Å². The molecule has 4 nitrogen and oxygen atoms in total. The predicted octanol–water partition coefficient (Wildman–Crippen LogP) is 3.98. The standard InChI is InChI=1S/C17H27N3O/c1-3-11-18-15-12-14(13-7-4-5-8-13)19-16(20-15)17(21-2)9-6-10-17/h12-13H,3-11H2,1-2H3,(H,18,19,20). The van der Waals surface area contributed by atoms with Crippen molar-refractivity contribution in [2.75, 3.05) is 19.0 Å². The maximum absolute atomic E-state index is 5.78. The second-order valence-corrected chi connectivity index (χ2v) is 6.46. The number of aromatic nitrogens is 2. The molecule has 1 aromatic heterocycles. The number of hydrogen-bond acceptors (Lipinski definition) is 4. The Morgan fingerprint density at radius 1 is 1.24 bits per heavy atom. The molecule has 1 heterocycles. The van der Waals surface area contributed by atoms with E-state index in [1.165, 1.54) is 37.8 Å². The highest BCUT2D eigenvalue weighted by Crippen LogP contribution is 2.44. The quantitative estimate of drug-likeness (QED) is 0.860. The molecule has 0 aromatic carbocycles. The van der Waals surface area contributed by atoms with Gasteiger partial charge in [0.15, 0.2) is 5.82 Å². The normalized spacial score (nSPS) is 21.2. The van der Waals surface area contributed by atoms with Gasteiger partial charge in [-0.15, -0.1) is 0 Å². The summed E-state index contributed by atoms with van der Waals surface area (Å²) >= 11 is 0. The van der Waals surface area contributed by atoms with E-state index in [2.05, 4.69) is 18.3 Å². The van der Waals surface area contributed by atoms with Crippen LogP contribution in [0.3, 0.4) is 0 Å². The van der Waals surface area contributed by atoms with E-state index >= 15 is 0 Å². The molecule has 0 radical (unpaired) electrons. The Balaban J connectivity index is 1.92. The first-order valence-electron chi connectivity index (χ1n) is 8.46. The first-order valence-corrected chi connectivity index (χ1v) is 8.46. The van der Waals surface area contributed by atoms with Crippen LogP contribution in [0.1, 0.15) is 75.7 Å². The zero-order chi connectivity index (χ0) is 14.7. The zero-order valence-corrected chi connectivity index (χ0v) is 13.3. The minimum absolute atomic E-state index is 0.225. The van der Waals surface area contributed by atoms with E-state index in [9.17, 15) is 0 Å². The Morgan fingerprint density at radius 2 is 2.00 bits per heavy atom. The number of ether oxygens (including phenoxy) is 1. The number of nitrogens with zero attached hydrogens (tertiary/aromatic N) is 2. The fraction of sp³-hybridized carbons (Fsp3) is 0.765. The molecule has 116 valence electrons. The summed E-state index contributed by atoms with van der Waals surface area (Å²) in [5, 5.41) is 3.44. The topological polar surface area (TPSA) is 47.0 Å². The molecule has 0 bridgehead atoms. The molecule has 1 aromatic rings. The largest absolute Gasteiger partial charge is 0.370 e. The number of hydrogen-bond donors (Lipinski definition) is 1. The molecule has 4 heteroatoms. The van der Waals surface area contributed by atoms with Crippen molar-refractivity contribution in [3.63, 3.8) is 0 Å². The fourth-order valence-electron chi connectivity index (χ4n) is 3.46. The van der Waals surface area contributed by atoms with Crippen molar-refractivity contribution >= 4 is 5.82 Å². The number of anilines is 1. The highest BCUT2D eigenvalue weighted by Gasteiger charge is 2.42. The average Bonchev–Trinajstić information content (AvgIpc) is 2.99. The molecular weight excluding hydrogens is 262 g/mol. The molecule has 2 aliphatic rings. The minimum Gasteiger partial charge on any atom is -0.370 e. The maximum Gasteiger partial charge on any atom is 0.162 e. The molecule has 2 saturated carbocycles. The zero-order valence-electron chi connectivity index (χ0n) is 13.3. The van der Waals surface area contributed by atoms with Crippen LogP contribution in [0, 0.1) is 0 Å². The van der Waals surface area contributed by atoms with E-state index in [-0.39, 0.29) is 5.60 Å². The van der Waals surface area contributed by atoms with E-state index in [0.29, 0.717) is 5.92 Å². The molecule has 0 aliphatic heterocycles. The van der Waals surface area contributed by atoms with Crippen LogP contribution in [0.25, 0.3) is 0 Å². The van der Waals surface area contributed by atoms with E-state index in [4.69, 9.17) is 14.7 Å². The van der Waals surface area contributed by atoms with Gasteiger partial charge in [0.1, 0.15) is 11.4 Å². The van der Waals surface area contributed by atoms with Crippen LogP contribution in [-0.4, -0.2) is 23.6 Å². The van der Waals surface area contributed by atoms with Gasteiger partial charge in [0, 0.05) is 31.3 Å². The second kappa shape index (κ2) is 6.30. The number of methoxy groups -OCH3 is 1. The van der Waals surface area contributed by atoms with E-state index < -0.39 is 0 Å². The molecule has 3 rings (SSSR count). The molecule has 21 heavy (non-hydrogen) atoms. The van der Waals surface area contributed by atoms with Gasteiger partial charge in [0.2, 0.25) is 0 Å². The lowest BCUT2D eigenvalue weighted by Crippen LogP contribution is -2.38. The molecule has 1 N–H and O–H groups in total. The van der Waals surface area contributed by atoms with E-state index in [0.717, 1.165) is 37.4 Å². The van der Waals surface area contributed by atoms with Crippen LogP contribution in [-0.2, 0) is 10.3 Å². The van der Waals surface area contributed by atoms with Gasteiger partial charge in [-0.2, -0.15) is 0 Å². The molecule has 0 amide bonds. The predicted molar refractivity (Wildman–Crippen MR) is 84.6 cm³/mol. The van der Waals surface area contributed by atoms with Gasteiger partial charge in [0.25, 0.3) is 0 Å². The lowest BCUT2D eigenvalue weighted by molar-refractivity contribution is -0.0847. The number of nitrogens with one attached hydrogen (secondary N) is 1. The van der Waals surface area contributed by atoms with Crippen molar-refractivity contribution in [1.82, 2.24) is 9.97 Å². The van der Waals surface area contributed by atoms with Gasteiger partial charge in [0.05, 0.1) is 0 Å². The summed E-state index contributed by atoms with van der Waals surface area (Å²) in [6.45, 7) is 3.14. The molecule has 0 spiro atoms. The Kier molecular flexibility index (Phi) is 4.43. The van der Waals surface area contributed by atoms with Crippen molar-refractivity contribution in [3.8, 4) is 0 Å². The maximum atomic E-state index is 5.78. The van der Waals surface area contributed by atoms with Gasteiger partial charge >= 0.3 is 0 Å². The summed E-state index contributed by atoms with van der Waals surface area (Å²) in [6.07, 6.45) is 9.60. The minimum atomic E-state index is -0.225. The summed E-state index contributed by atoms with van der Waals surface area (Å²) < 4.78 is 5.78. The Morgan fingerprint density at radius 3 is 2.57 bits per heavy atom. The van der Waals surface area contributed by atoms with Crippen molar-refractivity contribution in [3.05, 3.63) is 17.6 Å². The second-order valence-electron chi connectivity index (χ2n) is 6.46. The lowest BCUT2D eigenvalue weighted by atomic mass is 9.79. The van der Waals surface area contributed by atoms with Crippen molar-refractivity contribution in [2.45, 2.75) is 69.8 Å². The third-order valence-electron chi connectivity index (χ3n) is 5.04. The van der Waals surface area contributed by atoms with Gasteiger partial charge in [-0.05, 0) is 38.5 Å². The SMILES string of the molecule is CCCNc1cc(C2CCCC2)nc(C2(OC)CCC2)n1. The summed E-state index contributed by atoms with van der Waals surface area (Å²) in [6, 6.07) is 2.16. The summed E-state index contributed by atoms with van der Waals surface area (Å²) in [4.78, 5) is 9.67. The summed E-state index contributed by atoms with van der Waals surface area (Å²) in [7, 11) is 1.80.